The molecule has 3 nitrogen and oxygen atoms in total. The number of halogens is 2. The van der Waals surface area contributed by atoms with Gasteiger partial charge in [-0.05, 0) is 54.4 Å². The molecular weight excluding hydrogens is 457 g/mol. The van der Waals surface area contributed by atoms with Gasteiger partial charge in [-0.15, -0.1) is 0 Å². The molecule has 3 aromatic rings. The van der Waals surface area contributed by atoms with E-state index in [4.69, 9.17) is 9.73 Å². The van der Waals surface area contributed by atoms with Gasteiger partial charge in [0, 0.05) is 17.5 Å². The first-order valence-corrected chi connectivity index (χ1v) is 10.9. The van der Waals surface area contributed by atoms with Crippen molar-refractivity contribution in [2.75, 3.05) is 0 Å². The van der Waals surface area contributed by atoms with E-state index in [1.54, 1.807) is 12.1 Å². The first kappa shape index (κ1) is 22.9. The van der Waals surface area contributed by atoms with E-state index in [2.05, 4.69) is 15.9 Å². The van der Waals surface area contributed by atoms with Crippen molar-refractivity contribution in [3.05, 3.63) is 106 Å². The Balaban J connectivity index is 2.07. The molecule has 0 spiro atoms. The van der Waals surface area contributed by atoms with E-state index in [0.717, 1.165) is 11.1 Å². The summed E-state index contributed by atoms with van der Waals surface area (Å²) in [5.74, 6) is -0.823. The molecule has 0 bridgehead atoms. The van der Waals surface area contributed by atoms with Crippen molar-refractivity contribution in [1.82, 2.24) is 0 Å². The van der Waals surface area contributed by atoms with Crippen LogP contribution in [-0.2, 0) is 16.0 Å². The predicted molar refractivity (Wildman–Crippen MR) is 126 cm³/mol. The SMILES string of the molecule is CC(C)(C)OC(=O)C(Cc1ccc(Br)c(F)c1)N=C(c1ccccc1)c1ccccc1. The lowest BCUT2D eigenvalue weighted by atomic mass is 10.0. The molecule has 0 N–H and O–H groups in total. The molecule has 0 saturated heterocycles. The quantitative estimate of drug-likeness (QED) is 0.302. The summed E-state index contributed by atoms with van der Waals surface area (Å²) in [6.45, 7) is 5.46. The molecule has 0 aliphatic carbocycles. The van der Waals surface area contributed by atoms with E-state index in [-0.39, 0.29) is 12.2 Å². The van der Waals surface area contributed by atoms with Gasteiger partial charge in [0.15, 0.2) is 6.04 Å². The second-order valence-corrected chi connectivity index (χ2v) is 9.07. The Bertz CT molecular complexity index is 1020. The van der Waals surface area contributed by atoms with Crippen molar-refractivity contribution in [3.8, 4) is 0 Å². The summed E-state index contributed by atoms with van der Waals surface area (Å²) in [7, 11) is 0. The Morgan fingerprint density at radius 1 is 0.968 bits per heavy atom. The fraction of sp³-hybridized carbons (Fsp3) is 0.231. The van der Waals surface area contributed by atoms with Crippen LogP contribution in [0.15, 0.2) is 88.3 Å². The van der Waals surface area contributed by atoms with Gasteiger partial charge in [-0.3, -0.25) is 4.99 Å². The highest BCUT2D eigenvalue weighted by molar-refractivity contribution is 9.10. The average molecular weight is 482 g/mol. The molecule has 0 heterocycles. The number of aliphatic imine (C=N–C) groups is 1. The summed E-state index contributed by atoms with van der Waals surface area (Å²) in [4.78, 5) is 17.9. The summed E-state index contributed by atoms with van der Waals surface area (Å²) in [6.07, 6.45) is 0.224. The summed E-state index contributed by atoms with van der Waals surface area (Å²) in [6, 6.07) is 23.4. The lowest BCUT2D eigenvalue weighted by Gasteiger charge is -2.23. The molecule has 0 aromatic heterocycles. The molecule has 1 unspecified atom stereocenters. The van der Waals surface area contributed by atoms with E-state index in [1.807, 2.05) is 81.4 Å². The minimum atomic E-state index is -0.824. The molecule has 0 amide bonds. The predicted octanol–water partition coefficient (Wildman–Crippen LogP) is 6.38. The molecule has 0 aliphatic heterocycles. The molecule has 3 aromatic carbocycles. The van der Waals surface area contributed by atoms with Gasteiger partial charge in [0.2, 0.25) is 0 Å². The Hall–Kier alpha value is -2.79. The molecule has 0 radical (unpaired) electrons. The maximum atomic E-state index is 14.1. The lowest BCUT2D eigenvalue weighted by molar-refractivity contribution is -0.156. The molecule has 0 saturated carbocycles. The van der Waals surface area contributed by atoms with Crippen molar-refractivity contribution in [2.45, 2.75) is 38.8 Å². The summed E-state index contributed by atoms with van der Waals surface area (Å²) < 4.78 is 20.1. The third kappa shape index (κ3) is 6.59. The van der Waals surface area contributed by atoms with Crippen molar-refractivity contribution >= 4 is 27.6 Å². The monoisotopic (exact) mass is 481 g/mol. The maximum absolute atomic E-state index is 14.1. The molecule has 31 heavy (non-hydrogen) atoms. The number of rotatable bonds is 6. The summed E-state index contributed by atoms with van der Waals surface area (Å²) >= 11 is 3.17. The van der Waals surface area contributed by atoms with Crippen LogP contribution in [0.4, 0.5) is 4.39 Å². The zero-order valence-electron chi connectivity index (χ0n) is 17.8. The van der Waals surface area contributed by atoms with E-state index >= 15 is 0 Å². The van der Waals surface area contributed by atoms with Crippen LogP contribution in [-0.4, -0.2) is 23.3 Å². The minimum Gasteiger partial charge on any atom is -0.458 e. The van der Waals surface area contributed by atoms with Gasteiger partial charge in [0.25, 0.3) is 0 Å². The van der Waals surface area contributed by atoms with Gasteiger partial charge >= 0.3 is 5.97 Å². The van der Waals surface area contributed by atoms with Crippen LogP contribution in [0.2, 0.25) is 0 Å². The smallest absolute Gasteiger partial charge is 0.331 e. The van der Waals surface area contributed by atoms with Crippen LogP contribution >= 0.6 is 15.9 Å². The number of benzene rings is 3. The fourth-order valence-corrected chi connectivity index (χ4v) is 3.35. The maximum Gasteiger partial charge on any atom is 0.331 e. The van der Waals surface area contributed by atoms with Gasteiger partial charge in [0.1, 0.15) is 11.4 Å². The summed E-state index contributed by atoms with van der Waals surface area (Å²) in [5, 5.41) is 0. The van der Waals surface area contributed by atoms with Crippen LogP contribution in [0.3, 0.4) is 0 Å². The molecule has 160 valence electrons. The highest BCUT2D eigenvalue weighted by atomic mass is 79.9. The topological polar surface area (TPSA) is 38.7 Å². The molecule has 3 rings (SSSR count). The number of nitrogens with zero attached hydrogens (tertiary/aromatic N) is 1. The first-order valence-electron chi connectivity index (χ1n) is 10.1. The van der Waals surface area contributed by atoms with Crippen molar-refractivity contribution < 1.29 is 13.9 Å². The van der Waals surface area contributed by atoms with E-state index in [1.165, 1.54) is 6.07 Å². The van der Waals surface area contributed by atoms with Crippen molar-refractivity contribution in [1.29, 1.82) is 0 Å². The van der Waals surface area contributed by atoms with Crippen LogP contribution in [0.5, 0.6) is 0 Å². The highest BCUT2D eigenvalue weighted by Gasteiger charge is 2.26. The van der Waals surface area contributed by atoms with E-state index in [9.17, 15) is 9.18 Å². The Morgan fingerprint density at radius 2 is 1.52 bits per heavy atom. The normalized spacial score (nSPS) is 12.2. The fourth-order valence-electron chi connectivity index (χ4n) is 3.10. The van der Waals surface area contributed by atoms with Crippen molar-refractivity contribution in [3.63, 3.8) is 0 Å². The Kier molecular flexibility index (Phi) is 7.39. The van der Waals surface area contributed by atoms with Gasteiger partial charge in [-0.1, -0.05) is 66.7 Å². The number of esters is 1. The standard InChI is InChI=1S/C26H25BrFNO2/c1-26(2,3)31-25(30)23(17-18-14-15-21(27)22(28)16-18)29-24(19-10-6-4-7-11-19)20-12-8-5-9-13-20/h4-16,23H,17H2,1-3H3. The third-order valence-electron chi connectivity index (χ3n) is 4.47. The summed E-state index contributed by atoms with van der Waals surface area (Å²) in [5.41, 5.74) is 2.49. The number of hydrogen-bond acceptors (Lipinski definition) is 3. The molecule has 0 fully saturated rings. The van der Waals surface area contributed by atoms with E-state index < -0.39 is 17.6 Å². The zero-order valence-corrected chi connectivity index (χ0v) is 19.4. The lowest BCUT2D eigenvalue weighted by Crippen LogP contribution is -2.33. The first-order chi connectivity index (χ1) is 14.7. The zero-order chi connectivity index (χ0) is 22.4. The minimum absolute atomic E-state index is 0.224. The number of carbonyl (C=O) groups is 1. The van der Waals surface area contributed by atoms with Gasteiger partial charge < -0.3 is 4.74 Å². The van der Waals surface area contributed by atoms with Crippen LogP contribution < -0.4 is 0 Å². The number of carbonyl (C=O) groups excluding carboxylic acids is 1. The second kappa shape index (κ2) is 10.0. The van der Waals surface area contributed by atoms with Crippen LogP contribution in [0.1, 0.15) is 37.5 Å². The number of ether oxygens (including phenoxy) is 1. The van der Waals surface area contributed by atoms with Gasteiger partial charge in [0.05, 0.1) is 10.2 Å². The number of hydrogen-bond donors (Lipinski definition) is 0. The molecular formula is C26H25BrFNO2. The third-order valence-corrected chi connectivity index (χ3v) is 5.11. The molecule has 5 heteroatoms. The van der Waals surface area contributed by atoms with E-state index in [0.29, 0.717) is 15.7 Å². The Morgan fingerprint density at radius 3 is 2.00 bits per heavy atom. The second-order valence-electron chi connectivity index (χ2n) is 8.21. The van der Waals surface area contributed by atoms with Crippen LogP contribution in [0.25, 0.3) is 0 Å². The highest BCUT2D eigenvalue weighted by Crippen LogP contribution is 2.21. The molecule has 0 aliphatic rings. The molecule has 1 atom stereocenters. The van der Waals surface area contributed by atoms with Crippen LogP contribution in [0, 0.1) is 5.82 Å². The van der Waals surface area contributed by atoms with Crippen molar-refractivity contribution in [2.24, 2.45) is 4.99 Å². The van der Waals surface area contributed by atoms with Gasteiger partial charge in [-0.25, -0.2) is 9.18 Å². The Labute approximate surface area is 191 Å². The average Bonchev–Trinajstić information content (AvgIpc) is 2.73. The largest absolute Gasteiger partial charge is 0.458 e. The van der Waals surface area contributed by atoms with Gasteiger partial charge in [-0.2, -0.15) is 0 Å².